The highest BCUT2D eigenvalue weighted by atomic mass is 16.5. The Hall–Kier alpha value is -0.770. The summed E-state index contributed by atoms with van der Waals surface area (Å²) in [5.74, 6) is 3.49. The number of nitrogens with zero attached hydrogens (tertiary/aromatic N) is 2. The van der Waals surface area contributed by atoms with E-state index in [1.54, 1.807) is 0 Å². The second-order valence-corrected chi connectivity index (χ2v) is 6.52. The fourth-order valence-electron chi connectivity index (χ4n) is 3.77. The SMILES string of the molecule is CC1CN(C(N)=NCC2CCCC2C2CC2)CCO1. The van der Waals surface area contributed by atoms with Crippen molar-refractivity contribution in [2.75, 3.05) is 26.2 Å². The standard InChI is InChI=1S/C15H27N3O/c1-11-10-18(7-8-19-11)15(16)17-9-13-3-2-4-14(13)12-5-6-12/h11-14H,2-10H2,1H3,(H2,16,17). The van der Waals surface area contributed by atoms with E-state index in [0.717, 1.165) is 50.0 Å². The van der Waals surface area contributed by atoms with Crippen LogP contribution in [0.25, 0.3) is 0 Å². The van der Waals surface area contributed by atoms with Gasteiger partial charge in [0.15, 0.2) is 5.96 Å². The van der Waals surface area contributed by atoms with Gasteiger partial charge in [0.1, 0.15) is 0 Å². The molecule has 0 spiro atoms. The van der Waals surface area contributed by atoms with Gasteiger partial charge < -0.3 is 15.4 Å². The molecule has 4 nitrogen and oxygen atoms in total. The van der Waals surface area contributed by atoms with Crippen LogP contribution >= 0.6 is 0 Å². The summed E-state index contributed by atoms with van der Waals surface area (Å²) in [6, 6.07) is 0. The molecule has 0 aromatic heterocycles. The molecule has 3 aliphatic rings. The number of morpholine rings is 1. The van der Waals surface area contributed by atoms with Gasteiger partial charge in [-0.3, -0.25) is 4.99 Å². The average Bonchev–Trinajstić information content (AvgIpc) is 3.15. The summed E-state index contributed by atoms with van der Waals surface area (Å²) in [5, 5.41) is 0. The van der Waals surface area contributed by atoms with Crippen LogP contribution in [-0.4, -0.2) is 43.2 Å². The molecule has 0 aromatic carbocycles. The number of ether oxygens (including phenoxy) is 1. The Morgan fingerprint density at radius 2 is 2.16 bits per heavy atom. The van der Waals surface area contributed by atoms with Gasteiger partial charge in [-0.05, 0) is 50.4 Å². The van der Waals surface area contributed by atoms with Gasteiger partial charge in [0, 0.05) is 19.6 Å². The number of hydrogen-bond acceptors (Lipinski definition) is 2. The third kappa shape index (κ3) is 3.22. The first-order valence-electron chi connectivity index (χ1n) is 7.90. The van der Waals surface area contributed by atoms with Crippen LogP contribution in [0.4, 0.5) is 0 Å². The molecule has 2 N–H and O–H groups in total. The summed E-state index contributed by atoms with van der Waals surface area (Å²) in [6.45, 7) is 5.58. The predicted molar refractivity (Wildman–Crippen MR) is 77.0 cm³/mol. The van der Waals surface area contributed by atoms with Gasteiger partial charge in [-0.2, -0.15) is 0 Å². The number of guanidine groups is 1. The van der Waals surface area contributed by atoms with Gasteiger partial charge in [0.05, 0.1) is 12.7 Å². The van der Waals surface area contributed by atoms with Gasteiger partial charge in [-0.1, -0.05) is 6.42 Å². The fourth-order valence-corrected chi connectivity index (χ4v) is 3.77. The Kier molecular flexibility index (Phi) is 3.96. The molecule has 1 saturated heterocycles. The van der Waals surface area contributed by atoms with Crippen LogP contribution in [0.3, 0.4) is 0 Å². The molecule has 3 fully saturated rings. The molecule has 3 rings (SSSR count). The maximum atomic E-state index is 6.15. The van der Waals surface area contributed by atoms with Crippen LogP contribution in [-0.2, 0) is 4.74 Å². The largest absolute Gasteiger partial charge is 0.375 e. The fraction of sp³-hybridized carbons (Fsp3) is 0.933. The van der Waals surface area contributed by atoms with E-state index in [1.165, 1.54) is 32.1 Å². The highest BCUT2D eigenvalue weighted by Crippen LogP contribution is 2.48. The first kappa shape index (κ1) is 13.2. The van der Waals surface area contributed by atoms with E-state index in [4.69, 9.17) is 10.5 Å². The lowest BCUT2D eigenvalue weighted by Crippen LogP contribution is -2.48. The lowest BCUT2D eigenvalue weighted by molar-refractivity contribution is 0.00526. The lowest BCUT2D eigenvalue weighted by Gasteiger charge is -2.32. The van der Waals surface area contributed by atoms with E-state index >= 15 is 0 Å². The van der Waals surface area contributed by atoms with Crippen LogP contribution in [0.15, 0.2) is 4.99 Å². The van der Waals surface area contributed by atoms with Gasteiger partial charge >= 0.3 is 0 Å². The molecule has 4 heteroatoms. The van der Waals surface area contributed by atoms with Crippen molar-refractivity contribution in [2.24, 2.45) is 28.5 Å². The summed E-state index contributed by atoms with van der Waals surface area (Å²) in [4.78, 5) is 6.87. The second-order valence-electron chi connectivity index (χ2n) is 6.52. The van der Waals surface area contributed by atoms with Crippen LogP contribution < -0.4 is 5.73 Å². The summed E-state index contributed by atoms with van der Waals surface area (Å²) in [6.07, 6.45) is 7.38. The molecule has 3 atom stereocenters. The summed E-state index contributed by atoms with van der Waals surface area (Å²) in [7, 11) is 0. The van der Waals surface area contributed by atoms with Crippen molar-refractivity contribution in [1.82, 2.24) is 4.90 Å². The minimum atomic E-state index is 0.271. The topological polar surface area (TPSA) is 50.8 Å². The van der Waals surface area contributed by atoms with E-state index < -0.39 is 0 Å². The Balaban J connectivity index is 1.52. The smallest absolute Gasteiger partial charge is 0.191 e. The van der Waals surface area contributed by atoms with Crippen molar-refractivity contribution in [3.63, 3.8) is 0 Å². The van der Waals surface area contributed by atoms with Gasteiger partial charge in [-0.15, -0.1) is 0 Å². The van der Waals surface area contributed by atoms with Crippen molar-refractivity contribution in [1.29, 1.82) is 0 Å². The minimum absolute atomic E-state index is 0.271. The first-order valence-corrected chi connectivity index (χ1v) is 7.90. The van der Waals surface area contributed by atoms with Gasteiger partial charge in [-0.25, -0.2) is 0 Å². The van der Waals surface area contributed by atoms with Crippen molar-refractivity contribution in [3.8, 4) is 0 Å². The molecule has 0 aromatic rings. The van der Waals surface area contributed by atoms with Crippen LogP contribution in [0.5, 0.6) is 0 Å². The van der Waals surface area contributed by atoms with E-state index in [-0.39, 0.29) is 6.10 Å². The Labute approximate surface area is 116 Å². The highest BCUT2D eigenvalue weighted by Gasteiger charge is 2.38. The van der Waals surface area contributed by atoms with E-state index in [2.05, 4.69) is 16.8 Å². The predicted octanol–water partition coefficient (Wildman–Crippen LogP) is 1.85. The van der Waals surface area contributed by atoms with Crippen molar-refractivity contribution < 1.29 is 4.74 Å². The summed E-state index contributed by atoms with van der Waals surface area (Å²) in [5.41, 5.74) is 6.15. The molecule has 0 bridgehead atoms. The van der Waals surface area contributed by atoms with Crippen LogP contribution in [0, 0.1) is 17.8 Å². The molecule has 1 aliphatic heterocycles. The zero-order valence-corrected chi connectivity index (χ0v) is 12.1. The molecule has 2 saturated carbocycles. The van der Waals surface area contributed by atoms with Crippen molar-refractivity contribution in [3.05, 3.63) is 0 Å². The van der Waals surface area contributed by atoms with E-state index in [1.807, 2.05) is 0 Å². The molecule has 0 amide bonds. The maximum absolute atomic E-state index is 6.15. The quantitative estimate of drug-likeness (QED) is 0.626. The van der Waals surface area contributed by atoms with Gasteiger partial charge in [0.2, 0.25) is 0 Å². The Morgan fingerprint density at radius 3 is 2.89 bits per heavy atom. The molecule has 0 radical (unpaired) electrons. The summed E-state index contributed by atoms with van der Waals surface area (Å²) >= 11 is 0. The van der Waals surface area contributed by atoms with Crippen molar-refractivity contribution in [2.45, 2.75) is 45.1 Å². The van der Waals surface area contributed by atoms with Crippen molar-refractivity contribution >= 4 is 5.96 Å². The monoisotopic (exact) mass is 265 g/mol. The third-order valence-corrected chi connectivity index (χ3v) is 5.00. The Morgan fingerprint density at radius 1 is 1.32 bits per heavy atom. The molecule has 108 valence electrons. The number of nitrogens with two attached hydrogens (primary N) is 1. The third-order valence-electron chi connectivity index (χ3n) is 5.00. The van der Waals surface area contributed by atoms with E-state index in [9.17, 15) is 0 Å². The Bertz CT molecular complexity index is 340. The zero-order valence-electron chi connectivity index (χ0n) is 12.1. The van der Waals surface area contributed by atoms with E-state index in [0.29, 0.717) is 0 Å². The molecule has 1 heterocycles. The lowest BCUT2D eigenvalue weighted by atomic mass is 9.91. The molecule has 19 heavy (non-hydrogen) atoms. The summed E-state index contributed by atoms with van der Waals surface area (Å²) < 4.78 is 5.54. The normalized spacial score (nSPS) is 36.8. The highest BCUT2D eigenvalue weighted by molar-refractivity contribution is 5.78. The molecule has 2 aliphatic carbocycles. The number of rotatable bonds is 3. The van der Waals surface area contributed by atoms with Crippen LogP contribution in [0.2, 0.25) is 0 Å². The maximum Gasteiger partial charge on any atom is 0.191 e. The minimum Gasteiger partial charge on any atom is -0.375 e. The van der Waals surface area contributed by atoms with Crippen LogP contribution in [0.1, 0.15) is 39.0 Å². The zero-order chi connectivity index (χ0) is 13.2. The average molecular weight is 265 g/mol. The molecular weight excluding hydrogens is 238 g/mol. The number of aliphatic imine (C=N–C) groups is 1. The second kappa shape index (κ2) is 5.70. The molecular formula is C15H27N3O. The first-order chi connectivity index (χ1) is 9.24. The number of hydrogen-bond donors (Lipinski definition) is 1. The molecule has 3 unspecified atom stereocenters. The van der Waals surface area contributed by atoms with Gasteiger partial charge in [0.25, 0.3) is 0 Å².